The van der Waals surface area contributed by atoms with E-state index in [1.807, 2.05) is 6.07 Å². The van der Waals surface area contributed by atoms with Crippen LogP contribution in [0.1, 0.15) is 17.2 Å². The van der Waals surface area contributed by atoms with Gasteiger partial charge in [0.2, 0.25) is 0 Å². The Morgan fingerprint density at radius 1 is 1.32 bits per heavy atom. The number of carbonyl (C=O) groups is 2. The third-order valence-electron chi connectivity index (χ3n) is 3.20. The highest BCUT2D eigenvalue weighted by Crippen LogP contribution is 2.32. The first-order valence-corrected chi connectivity index (χ1v) is 6.42. The summed E-state index contributed by atoms with van der Waals surface area (Å²) in [4.78, 5) is 23.8. The van der Waals surface area contributed by atoms with Crippen LogP contribution < -0.4 is 0 Å². The maximum Gasteiger partial charge on any atom is 0.326 e. The number of halogens is 1. The molecule has 0 amide bonds. The molecule has 0 fully saturated rings. The van der Waals surface area contributed by atoms with Crippen LogP contribution in [0.3, 0.4) is 0 Å². The molecule has 8 heteroatoms. The molecule has 0 spiro atoms. The third kappa shape index (κ3) is 2.34. The molecule has 7 nitrogen and oxygen atoms in total. The van der Waals surface area contributed by atoms with Crippen molar-refractivity contribution < 1.29 is 24.3 Å². The highest BCUT2D eigenvalue weighted by molar-refractivity contribution is 6.31. The lowest BCUT2D eigenvalue weighted by molar-refractivity contribution is -0.154. The minimum Gasteiger partial charge on any atom is -0.468 e. The van der Waals surface area contributed by atoms with E-state index in [0.29, 0.717) is 15.1 Å². The Morgan fingerprint density at radius 2 is 1.91 bits per heavy atom. The van der Waals surface area contributed by atoms with Crippen molar-refractivity contribution in [1.82, 2.24) is 4.73 Å². The lowest BCUT2D eigenvalue weighted by Crippen LogP contribution is -2.27. The molecule has 0 aliphatic carbocycles. The molecule has 1 heterocycles. The van der Waals surface area contributed by atoms with Crippen molar-refractivity contribution in [2.75, 3.05) is 14.2 Å². The Hall–Kier alpha value is -2.72. The molecule has 1 aromatic heterocycles. The molecule has 0 unspecified atom stereocenters. The van der Waals surface area contributed by atoms with E-state index in [2.05, 4.69) is 9.47 Å². The van der Waals surface area contributed by atoms with E-state index in [1.165, 1.54) is 18.2 Å². The second kappa shape index (κ2) is 5.95. The van der Waals surface area contributed by atoms with Crippen molar-refractivity contribution in [1.29, 1.82) is 5.26 Å². The molecule has 1 aromatic carbocycles. The molecule has 22 heavy (non-hydrogen) atoms. The van der Waals surface area contributed by atoms with Crippen molar-refractivity contribution in [2.45, 2.75) is 5.92 Å². The number of carbonyl (C=O) groups excluding carboxylic acids is 2. The third-order valence-corrected chi connectivity index (χ3v) is 3.43. The second-order valence-corrected chi connectivity index (χ2v) is 4.76. The van der Waals surface area contributed by atoms with Gasteiger partial charge in [-0.05, 0) is 18.2 Å². The zero-order valence-corrected chi connectivity index (χ0v) is 12.4. The van der Waals surface area contributed by atoms with Gasteiger partial charge in [-0.3, -0.25) is 9.59 Å². The van der Waals surface area contributed by atoms with Crippen LogP contribution in [0.15, 0.2) is 18.2 Å². The average molecular weight is 323 g/mol. The smallest absolute Gasteiger partial charge is 0.326 e. The van der Waals surface area contributed by atoms with Gasteiger partial charge in [0.25, 0.3) is 0 Å². The average Bonchev–Trinajstić information content (AvgIpc) is 2.78. The molecule has 2 aromatic rings. The summed E-state index contributed by atoms with van der Waals surface area (Å²) in [5, 5.41) is 20.3. The van der Waals surface area contributed by atoms with Crippen LogP contribution in [0.2, 0.25) is 5.02 Å². The lowest BCUT2D eigenvalue weighted by Gasteiger charge is -2.13. The van der Waals surface area contributed by atoms with Crippen LogP contribution in [-0.4, -0.2) is 36.1 Å². The highest BCUT2D eigenvalue weighted by Gasteiger charge is 2.37. The number of ether oxygens (including phenoxy) is 2. The van der Waals surface area contributed by atoms with Crippen molar-refractivity contribution in [2.24, 2.45) is 0 Å². The fourth-order valence-corrected chi connectivity index (χ4v) is 2.38. The predicted molar refractivity (Wildman–Crippen MR) is 75.6 cm³/mol. The highest BCUT2D eigenvalue weighted by atomic mass is 35.5. The van der Waals surface area contributed by atoms with Gasteiger partial charge in [-0.15, -0.1) is 0 Å². The first kappa shape index (κ1) is 15.7. The standard InChI is InChI=1S/C14H11ClN2O5/c1-21-13(18)11(14(19)22-2)12-9(6-16)8-5-7(15)3-4-10(8)17(12)20/h3-5,11,20H,1-2H3. The minimum absolute atomic E-state index is 0.0548. The summed E-state index contributed by atoms with van der Waals surface area (Å²) in [6.07, 6.45) is 0. The van der Waals surface area contributed by atoms with E-state index in [-0.39, 0.29) is 16.8 Å². The number of aromatic nitrogens is 1. The number of esters is 2. The summed E-state index contributed by atoms with van der Waals surface area (Å²) in [5.41, 5.74) is -0.0481. The summed E-state index contributed by atoms with van der Waals surface area (Å²) in [6, 6.07) is 6.30. The maximum absolute atomic E-state index is 11.9. The summed E-state index contributed by atoms with van der Waals surface area (Å²) in [6.45, 7) is 0. The minimum atomic E-state index is -1.58. The molecule has 0 bridgehead atoms. The van der Waals surface area contributed by atoms with E-state index >= 15 is 0 Å². The molecule has 0 saturated carbocycles. The zero-order chi connectivity index (χ0) is 16.4. The number of hydrogen-bond donors (Lipinski definition) is 1. The Balaban J connectivity index is 2.83. The van der Waals surface area contributed by atoms with Gasteiger partial charge in [-0.1, -0.05) is 11.6 Å². The number of fused-ring (bicyclic) bond motifs is 1. The molecule has 0 radical (unpaired) electrons. The first-order chi connectivity index (χ1) is 10.5. The van der Waals surface area contributed by atoms with Crippen molar-refractivity contribution in [3.05, 3.63) is 34.5 Å². The van der Waals surface area contributed by atoms with Crippen molar-refractivity contribution in [3.63, 3.8) is 0 Å². The number of rotatable bonds is 3. The van der Waals surface area contributed by atoms with Gasteiger partial charge >= 0.3 is 11.9 Å². The zero-order valence-electron chi connectivity index (χ0n) is 11.7. The monoisotopic (exact) mass is 322 g/mol. The molecule has 0 saturated heterocycles. The number of methoxy groups -OCH3 is 2. The van der Waals surface area contributed by atoms with Gasteiger partial charge in [0.05, 0.1) is 25.3 Å². The number of nitriles is 1. The predicted octanol–water partition coefficient (Wildman–Crippen LogP) is 1.83. The second-order valence-electron chi connectivity index (χ2n) is 4.32. The maximum atomic E-state index is 11.9. The van der Waals surface area contributed by atoms with Gasteiger partial charge in [0.15, 0.2) is 5.92 Å². The van der Waals surface area contributed by atoms with Gasteiger partial charge in [-0.25, -0.2) is 0 Å². The molecule has 0 atom stereocenters. The van der Waals surface area contributed by atoms with Gasteiger partial charge in [0.1, 0.15) is 11.8 Å². The van der Waals surface area contributed by atoms with Gasteiger partial charge < -0.3 is 14.7 Å². The van der Waals surface area contributed by atoms with E-state index in [1.54, 1.807) is 0 Å². The fourth-order valence-electron chi connectivity index (χ4n) is 2.21. The largest absolute Gasteiger partial charge is 0.468 e. The van der Waals surface area contributed by atoms with Gasteiger partial charge in [0, 0.05) is 10.4 Å². The van der Waals surface area contributed by atoms with Crippen LogP contribution >= 0.6 is 11.6 Å². The Morgan fingerprint density at radius 3 is 2.41 bits per heavy atom. The SMILES string of the molecule is COC(=O)C(C(=O)OC)c1c(C#N)c2cc(Cl)ccc2n1O. The van der Waals surface area contributed by atoms with Gasteiger partial charge in [-0.2, -0.15) is 9.99 Å². The molecule has 0 aliphatic rings. The Bertz CT molecular complexity index is 790. The van der Waals surface area contributed by atoms with Crippen LogP contribution in [0.5, 0.6) is 0 Å². The van der Waals surface area contributed by atoms with Crippen LogP contribution in [0.4, 0.5) is 0 Å². The number of hydrogen-bond acceptors (Lipinski definition) is 6. The number of nitrogens with zero attached hydrogens (tertiary/aromatic N) is 2. The fraction of sp³-hybridized carbons (Fsp3) is 0.214. The first-order valence-electron chi connectivity index (χ1n) is 6.05. The van der Waals surface area contributed by atoms with Crippen LogP contribution in [0, 0.1) is 11.3 Å². The molecular weight excluding hydrogens is 312 g/mol. The molecular formula is C14H11ClN2O5. The Kier molecular flexibility index (Phi) is 4.24. The summed E-state index contributed by atoms with van der Waals surface area (Å²) in [5.74, 6) is -3.49. The summed E-state index contributed by atoms with van der Waals surface area (Å²) in [7, 11) is 2.18. The van der Waals surface area contributed by atoms with E-state index in [0.717, 1.165) is 14.2 Å². The summed E-state index contributed by atoms with van der Waals surface area (Å²) < 4.78 is 9.73. The van der Waals surface area contributed by atoms with E-state index in [9.17, 15) is 20.1 Å². The van der Waals surface area contributed by atoms with Crippen molar-refractivity contribution >= 4 is 34.4 Å². The molecule has 2 rings (SSSR count). The summed E-state index contributed by atoms with van der Waals surface area (Å²) >= 11 is 5.88. The number of benzene rings is 1. The lowest BCUT2D eigenvalue weighted by atomic mass is 10.0. The van der Waals surface area contributed by atoms with Crippen LogP contribution in [0.25, 0.3) is 10.9 Å². The molecule has 0 aliphatic heterocycles. The van der Waals surface area contributed by atoms with E-state index in [4.69, 9.17) is 11.6 Å². The van der Waals surface area contributed by atoms with E-state index < -0.39 is 17.9 Å². The molecule has 1 N–H and O–H groups in total. The quantitative estimate of drug-likeness (QED) is 0.525. The Labute approximate surface area is 130 Å². The topological polar surface area (TPSA) is 102 Å². The normalized spacial score (nSPS) is 10.5. The van der Waals surface area contributed by atoms with Crippen LogP contribution in [-0.2, 0) is 19.1 Å². The van der Waals surface area contributed by atoms with Crippen molar-refractivity contribution in [3.8, 4) is 6.07 Å². The molecule has 114 valence electrons.